The molecule has 1 N–H and O–H groups in total. The van der Waals surface area contributed by atoms with Crippen molar-refractivity contribution in [3.63, 3.8) is 0 Å². The van der Waals surface area contributed by atoms with E-state index in [-0.39, 0.29) is 17.9 Å². The molecule has 0 bridgehead atoms. The van der Waals surface area contributed by atoms with E-state index in [2.05, 4.69) is 45.2 Å². The SMILES string of the molecule is CC(C#N)c1cnc2nc(C(=O)N3CC[C@H](N4CCc5ccccc5C4)[C@@H](O)C3)cn2c1. The number of amides is 1. The van der Waals surface area contributed by atoms with E-state index < -0.39 is 6.10 Å². The van der Waals surface area contributed by atoms with Gasteiger partial charge in [-0.15, -0.1) is 0 Å². The standard InChI is InChI=1S/C24H26N6O2/c1-16(10-25)19-11-26-24-27-20(14-30(24)13-19)23(32)29-9-7-21(22(31)15-29)28-8-6-17-4-2-3-5-18(17)12-28/h2-5,11,13-14,16,21-22,31H,6-9,12,15H2,1H3/t16?,21-,22-/m0/s1. The maximum Gasteiger partial charge on any atom is 0.274 e. The molecule has 4 heterocycles. The Morgan fingerprint density at radius 3 is 2.84 bits per heavy atom. The molecule has 2 aliphatic rings. The molecule has 1 amide bonds. The quantitative estimate of drug-likeness (QED) is 0.683. The number of rotatable bonds is 3. The van der Waals surface area contributed by atoms with Gasteiger partial charge in [-0.1, -0.05) is 24.3 Å². The lowest BCUT2D eigenvalue weighted by molar-refractivity contribution is -0.0139. The van der Waals surface area contributed by atoms with Crippen molar-refractivity contribution >= 4 is 11.7 Å². The monoisotopic (exact) mass is 430 g/mol. The summed E-state index contributed by atoms with van der Waals surface area (Å²) in [6.07, 6.45) is 6.17. The minimum Gasteiger partial charge on any atom is -0.390 e. The number of hydrogen-bond acceptors (Lipinski definition) is 6. The van der Waals surface area contributed by atoms with Crippen LogP contribution in [0.1, 0.15) is 46.4 Å². The number of nitrogens with zero attached hydrogens (tertiary/aromatic N) is 6. The van der Waals surface area contributed by atoms with Crippen LogP contribution in [-0.4, -0.2) is 67.0 Å². The number of aromatic nitrogens is 3. The van der Waals surface area contributed by atoms with Gasteiger partial charge in [0.1, 0.15) is 5.69 Å². The second kappa shape index (κ2) is 8.34. The number of carbonyl (C=O) groups excluding carboxylic acids is 1. The van der Waals surface area contributed by atoms with Crippen molar-refractivity contribution in [1.29, 1.82) is 5.26 Å². The van der Waals surface area contributed by atoms with Gasteiger partial charge in [-0.3, -0.25) is 14.1 Å². The number of likely N-dealkylation sites (tertiary alicyclic amines) is 1. The molecule has 8 heteroatoms. The normalized spacial score (nSPS) is 22.3. The van der Waals surface area contributed by atoms with Crippen LogP contribution in [0.25, 0.3) is 5.78 Å². The van der Waals surface area contributed by atoms with Crippen LogP contribution in [0, 0.1) is 11.3 Å². The highest BCUT2D eigenvalue weighted by atomic mass is 16.3. The third kappa shape index (κ3) is 3.74. The summed E-state index contributed by atoms with van der Waals surface area (Å²) in [5.74, 6) is -0.0686. The second-order valence-electron chi connectivity index (χ2n) is 8.74. The van der Waals surface area contributed by atoms with Gasteiger partial charge >= 0.3 is 0 Å². The van der Waals surface area contributed by atoms with Gasteiger partial charge < -0.3 is 10.0 Å². The van der Waals surface area contributed by atoms with E-state index in [1.807, 2.05) is 0 Å². The minimum atomic E-state index is -0.601. The van der Waals surface area contributed by atoms with Gasteiger partial charge in [0.2, 0.25) is 5.78 Å². The Morgan fingerprint density at radius 1 is 1.25 bits per heavy atom. The number of fused-ring (bicyclic) bond motifs is 2. The van der Waals surface area contributed by atoms with Gasteiger partial charge in [0, 0.05) is 56.4 Å². The van der Waals surface area contributed by atoms with Gasteiger partial charge in [0.15, 0.2) is 0 Å². The fourth-order valence-corrected chi connectivity index (χ4v) is 4.79. The summed E-state index contributed by atoms with van der Waals surface area (Å²) < 4.78 is 1.69. The fourth-order valence-electron chi connectivity index (χ4n) is 4.79. The van der Waals surface area contributed by atoms with Crippen LogP contribution in [0.4, 0.5) is 0 Å². The summed E-state index contributed by atoms with van der Waals surface area (Å²) in [5, 5.41) is 20.0. The Morgan fingerprint density at radius 2 is 2.06 bits per heavy atom. The van der Waals surface area contributed by atoms with Gasteiger partial charge in [-0.05, 0) is 30.9 Å². The van der Waals surface area contributed by atoms with E-state index in [0.717, 1.165) is 31.5 Å². The molecule has 32 heavy (non-hydrogen) atoms. The number of imidazole rings is 1. The fraction of sp³-hybridized carbons (Fsp3) is 0.417. The number of hydrogen-bond donors (Lipinski definition) is 1. The van der Waals surface area contributed by atoms with Crippen LogP contribution in [0.2, 0.25) is 0 Å². The molecule has 0 spiro atoms. The van der Waals surface area contributed by atoms with Crippen molar-refractivity contribution in [1.82, 2.24) is 24.2 Å². The molecule has 1 unspecified atom stereocenters. The highest BCUT2D eigenvalue weighted by Crippen LogP contribution is 2.26. The molecule has 3 aromatic rings. The number of aliphatic hydroxyl groups is 1. The lowest BCUT2D eigenvalue weighted by atomic mass is 9.94. The average molecular weight is 431 g/mol. The maximum atomic E-state index is 13.1. The topological polar surface area (TPSA) is 97.8 Å². The Hall–Kier alpha value is -3.28. The first kappa shape index (κ1) is 20.6. The van der Waals surface area contributed by atoms with Gasteiger partial charge in [-0.25, -0.2) is 9.97 Å². The van der Waals surface area contributed by atoms with Crippen LogP contribution in [-0.2, 0) is 13.0 Å². The van der Waals surface area contributed by atoms with E-state index in [9.17, 15) is 9.90 Å². The lowest BCUT2D eigenvalue weighted by Crippen LogP contribution is -2.56. The lowest BCUT2D eigenvalue weighted by Gasteiger charge is -2.43. The largest absolute Gasteiger partial charge is 0.390 e. The Balaban J connectivity index is 1.27. The highest BCUT2D eigenvalue weighted by Gasteiger charge is 2.35. The Labute approximate surface area is 186 Å². The van der Waals surface area contributed by atoms with Crippen molar-refractivity contribution in [2.45, 2.75) is 44.4 Å². The minimum absolute atomic E-state index is 0.0465. The van der Waals surface area contributed by atoms with Crippen molar-refractivity contribution in [3.05, 3.63) is 65.2 Å². The molecule has 5 rings (SSSR count). The predicted octanol–water partition coefficient (Wildman–Crippen LogP) is 1.99. The van der Waals surface area contributed by atoms with Gasteiger partial charge in [0.05, 0.1) is 18.1 Å². The zero-order valence-electron chi connectivity index (χ0n) is 18.1. The number of nitriles is 1. The highest BCUT2D eigenvalue weighted by molar-refractivity contribution is 5.92. The summed E-state index contributed by atoms with van der Waals surface area (Å²) in [4.78, 5) is 25.7. The molecule has 0 radical (unpaired) electrons. The Kier molecular flexibility index (Phi) is 5.37. The van der Waals surface area contributed by atoms with Crippen LogP contribution in [0.5, 0.6) is 0 Å². The molecule has 1 fully saturated rings. The zero-order valence-corrected chi connectivity index (χ0v) is 18.1. The molecular weight excluding hydrogens is 404 g/mol. The molecular formula is C24H26N6O2. The van der Waals surface area contributed by atoms with E-state index in [1.54, 1.807) is 34.8 Å². The molecule has 8 nitrogen and oxygen atoms in total. The van der Waals surface area contributed by atoms with Crippen molar-refractivity contribution < 1.29 is 9.90 Å². The van der Waals surface area contributed by atoms with Crippen molar-refractivity contribution in [2.24, 2.45) is 0 Å². The first-order chi connectivity index (χ1) is 15.5. The number of aliphatic hydroxyl groups excluding tert-OH is 1. The number of β-amino-alcohol motifs (C(OH)–C–C–N with tert-alkyl or cyclic N) is 1. The molecule has 0 saturated carbocycles. The number of carbonyl (C=O) groups is 1. The van der Waals surface area contributed by atoms with E-state index in [4.69, 9.17) is 5.26 Å². The van der Waals surface area contributed by atoms with Crippen LogP contribution >= 0.6 is 0 Å². The molecule has 1 aromatic carbocycles. The smallest absolute Gasteiger partial charge is 0.274 e. The molecule has 0 aliphatic carbocycles. The molecule has 2 aromatic heterocycles. The third-order valence-corrected chi connectivity index (χ3v) is 6.71. The van der Waals surface area contributed by atoms with Gasteiger partial charge in [-0.2, -0.15) is 5.26 Å². The first-order valence-corrected chi connectivity index (χ1v) is 11.1. The molecule has 3 atom stereocenters. The summed E-state index contributed by atoms with van der Waals surface area (Å²) >= 11 is 0. The summed E-state index contributed by atoms with van der Waals surface area (Å²) in [5.41, 5.74) is 3.79. The van der Waals surface area contributed by atoms with E-state index >= 15 is 0 Å². The molecule has 2 aliphatic heterocycles. The molecule has 1 saturated heterocycles. The van der Waals surface area contributed by atoms with Crippen LogP contribution in [0.15, 0.2) is 42.9 Å². The summed E-state index contributed by atoms with van der Waals surface area (Å²) in [7, 11) is 0. The van der Waals surface area contributed by atoms with E-state index in [1.165, 1.54) is 11.1 Å². The summed E-state index contributed by atoms with van der Waals surface area (Å²) in [6, 6.07) is 10.7. The van der Waals surface area contributed by atoms with Crippen molar-refractivity contribution in [3.8, 4) is 6.07 Å². The predicted molar refractivity (Wildman–Crippen MR) is 118 cm³/mol. The number of piperidine rings is 1. The van der Waals surface area contributed by atoms with E-state index in [0.29, 0.717) is 24.6 Å². The molecule has 164 valence electrons. The van der Waals surface area contributed by atoms with Crippen LogP contribution < -0.4 is 0 Å². The second-order valence-corrected chi connectivity index (χ2v) is 8.74. The average Bonchev–Trinajstić information content (AvgIpc) is 3.26. The zero-order chi connectivity index (χ0) is 22.2. The Bertz CT molecular complexity index is 1200. The summed E-state index contributed by atoms with van der Waals surface area (Å²) in [6.45, 7) is 4.44. The number of benzene rings is 1. The maximum absolute atomic E-state index is 13.1. The van der Waals surface area contributed by atoms with Crippen LogP contribution in [0.3, 0.4) is 0 Å². The first-order valence-electron chi connectivity index (χ1n) is 11.1. The third-order valence-electron chi connectivity index (χ3n) is 6.71. The van der Waals surface area contributed by atoms with Crippen molar-refractivity contribution in [2.75, 3.05) is 19.6 Å². The van der Waals surface area contributed by atoms with Gasteiger partial charge in [0.25, 0.3) is 5.91 Å².